The minimum atomic E-state index is -3.33. The SMILES string of the molecule is CS(=O)(=O)c1cccc(-c2ccn3c(=O)n(C/C(=C/F)CN)nc3c2)c1.Cl. The van der Waals surface area contributed by atoms with Gasteiger partial charge in [-0.15, -0.1) is 17.5 Å². The van der Waals surface area contributed by atoms with Crippen molar-refractivity contribution in [1.82, 2.24) is 14.2 Å². The minimum Gasteiger partial charge on any atom is -0.327 e. The van der Waals surface area contributed by atoms with E-state index in [1.165, 1.54) is 10.5 Å². The van der Waals surface area contributed by atoms with E-state index >= 15 is 0 Å². The van der Waals surface area contributed by atoms with Gasteiger partial charge in [0.15, 0.2) is 15.5 Å². The van der Waals surface area contributed by atoms with Gasteiger partial charge in [0.2, 0.25) is 0 Å². The first-order valence-corrected chi connectivity index (χ1v) is 9.60. The lowest BCUT2D eigenvalue weighted by atomic mass is 10.1. The summed E-state index contributed by atoms with van der Waals surface area (Å²) in [7, 11) is -3.33. The third-order valence-corrected chi connectivity index (χ3v) is 5.06. The molecule has 3 rings (SSSR count). The maximum Gasteiger partial charge on any atom is 0.350 e. The van der Waals surface area contributed by atoms with Crippen molar-refractivity contribution in [3.05, 3.63) is 65.0 Å². The summed E-state index contributed by atoms with van der Waals surface area (Å²) in [6.07, 6.45) is 3.06. The number of hydrogen-bond acceptors (Lipinski definition) is 5. The predicted octanol–water partition coefficient (Wildman–Crippen LogP) is 1.80. The van der Waals surface area contributed by atoms with Gasteiger partial charge in [-0.25, -0.2) is 22.3 Å². The van der Waals surface area contributed by atoms with Crippen molar-refractivity contribution in [2.45, 2.75) is 11.4 Å². The third-order valence-electron chi connectivity index (χ3n) is 3.95. The Labute approximate surface area is 161 Å². The van der Waals surface area contributed by atoms with Gasteiger partial charge in [0.25, 0.3) is 0 Å². The van der Waals surface area contributed by atoms with Gasteiger partial charge in [0, 0.05) is 19.0 Å². The highest BCUT2D eigenvalue weighted by molar-refractivity contribution is 7.90. The summed E-state index contributed by atoms with van der Waals surface area (Å²) in [5.74, 6) is 0. The van der Waals surface area contributed by atoms with E-state index in [-0.39, 0.29) is 36.0 Å². The van der Waals surface area contributed by atoms with Crippen molar-refractivity contribution >= 4 is 27.9 Å². The second-order valence-corrected chi connectivity index (χ2v) is 7.87. The smallest absolute Gasteiger partial charge is 0.327 e. The van der Waals surface area contributed by atoms with E-state index < -0.39 is 15.5 Å². The number of nitrogens with zero attached hydrogens (tertiary/aromatic N) is 3. The van der Waals surface area contributed by atoms with E-state index in [4.69, 9.17) is 5.73 Å². The number of rotatable bonds is 5. The van der Waals surface area contributed by atoms with Gasteiger partial charge >= 0.3 is 5.69 Å². The zero-order valence-corrected chi connectivity index (χ0v) is 16.0. The van der Waals surface area contributed by atoms with Crippen LogP contribution in [0.15, 0.2) is 64.2 Å². The standard InChI is InChI=1S/C17H17FN4O3S.ClH/c1-26(24,25)15-4-2-3-13(7-15)14-5-6-21-16(8-14)20-22(17(21)23)11-12(9-18)10-19;/h2-9H,10-11,19H2,1H3;1H/b12-9+;. The lowest BCUT2D eigenvalue weighted by Crippen LogP contribution is -2.23. The van der Waals surface area contributed by atoms with E-state index in [2.05, 4.69) is 5.10 Å². The first kappa shape index (κ1) is 20.8. The zero-order valence-electron chi connectivity index (χ0n) is 14.4. The van der Waals surface area contributed by atoms with Gasteiger partial charge in [0.05, 0.1) is 17.8 Å². The van der Waals surface area contributed by atoms with Crippen LogP contribution >= 0.6 is 12.4 Å². The molecule has 0 radical (unpaired) electrons. The lowest BCUT2D eigenvalue weighted by molar-refractivity contribution is 0.602. The number of nitrogens with two attached hydrogens (primary N) is 1. The Morgan fingerprint density at radius 2 is 1.96 bits per heavy atom. The van der Waals surface area contributed by atoms with E-state index in [1.807, 2.05) is 0 Å². The molecule has 0 aliphatic rings. The fourth-order valence-electron chi connectivity index (χ4n) is 2.54. The van der Waals surface area contributed by atoms with E-state index in [1.54, 1.807) is 36.5 Å². The number of halogens is 2. The molecule has 0 bridgehead atoms. The summed E-state index contributed by atoms with van der Waals surface area (Å²) in [5.41, 5.74) is 7.01. The van der Waals surface area contributed by atoms with Gasteiger partial charge in [-0.3, -0.25) is 4.40 Å². The molecule has 0 amide bonds. The van der Waals surface area contributed by atoms with Crippen LogP contribution in [0, 0.1) is 0 Å². The highest BCUT2D eigenvalue weighted by atomic mass is 35.5. The molecular weight excluding hydrogens is 395 g/mol. The second-order valence-electron chi connectivity index (χ2n) is 5.86. The number of fused-ring (bicyclic) bond motifs is 1. The molecule has 27 heavy (non-hydrogen) atoms. The maximum absolute atomic E-state index is 12.7. The fraction of sp³-hybridized carbons (Fsp3) is 0.176. The first-order chi connectivity index (χ1) is 12.3. The van der Waals surface area contributed by atoms with Crippen LogP contribution in [-0.2, 0) is 16.4 Å². The molecule has 2 heterocycles. The normalized spacial score (nSPS) is 12.2. The Bertz CT molecular complexity index is 1170. The van der Waals surface area contributed by atoms with Crippen LogP contribution < -0.4 is 11.4 Å². The summed E-state index contributed by atoms with van der Waals surface area (Å²) in [4.78, 5) is 12.5. The van der Waals surface area contributed by atoms with Crippen LogP contribution in [0.3, 0.4) is 0 Å². The number of aromatic nitrogens is 3. The predicted molar refractivity (Wildman–Crippen MR) is 103 cm³/mol. The van der Waals surface area contributed by atoms with E-state index in [0.717, 1.165) is 10.9 Å². The summed E-state index contributed by atoms with van der Waals surface area (Å²) >= 11 is 0. The average Bonchev–Trinajstić information content (AvgIpc) is 2.94. The van der Waals surface area contributed by atoms with Crippen molar-refractivity contribution in [3.63, 3.8) is 0 Å². The van der Waals surface area contributed by atoms with Crippen LogP contribution in [0.1, 0.15) is 0 Å². The molecule has 0 spiro atoms. The quantitative estimate of drug-likeness (QED) is 0.688. The Hall–Kier alpha value is -2.49. The largest absolute Gasteiger partial charge is 0.350 e. The molecule has 0 aliphatic heterocycles. The molecule has 0 unspecified atom stereocenters. The third kappa shape index (κ3) is 4.26. The molecule has 2 aromatic heterocycles. The molecule has 144 valence electrons. The molecule has 7 nitrogen and oxygen atoms in total. The average molecular weight is 413 g/mol. The maximum atomic E-state index is 12.7. The monoisotopic (exact) mass is 412 g/mol. The minimum absolute atomic E-state index is 0. The second kappa shape index (κ2) is 8.03. The van der Waals surface area contributed by atoms with Gasteiger partial charge in [-0.05, 0) is 41.0 Å². The highest BCUT2D eigenvalue weighted by Crippen LogP contribution is 2.23. The summed E-state index contributed by atoms with van der Waals surface area (Å²) in [6.45, 7) is -0.0489. The van der Waals surface area contributed by atoms with E-state index in [9.17, 15) is 17.6 Å². The Morgan fingerprint density at radius 1 is 1.26 bits per heavy atom. The van der Waals surface area contributed by atoms with Crippen molar-refractivity contribution in [2.24, 2.45) is 5.73 Å². The topological polar surface area (TPSA) is 99.5 Å². The van der Waals surface area contributed by atoms with Crippen LogP contribution in [0.25, 0.3) is 16.8 Å². The van der Waals surface area contributed by atoms with Crippen LogP contribution in [-0.4, -0.2) is 35.4 Å². The number of benzene rings is 1. The van der Waals surface area contributed by atoms with Gasteiger partial charge in [0.1, 0.15) is 0 Å². The Balaban J connectivity index is 0.00000261. The molecule has 3 aromatic rings. The van der Waals surface area contributed by atoms with Crippen molar-refractivity contribution in [1.29, 1.82) is 0 Å². The molecule has 10 heteroatoms. The first-order valence-electron chi connectivity index (χ1n) is 7.71. The summed E-state index contributed by atoms with van der Waals surface area (Å²) < 4.78 is 38.6. The number of pyridine rings is 1. The molecule has 2 N–H and O–H groups in total. The zero-order chi connectivity index (χ0) is 18.9. The van der Waals surface area contributed by atoms with Crippen molar-refractivity contribution < 1.29 is 12.8 Å². The Morgan fingerprint density at radius 3 is 2.59 bits per heavy atom. The highest BCUT2D eigenvalue weighted by Gasteiger charge is 2.12. The van der Waals surface area contributed by atoms with E-state index in [0.29, 0.717) is 23.1 Å². The summed E-state index contributed by atoms with van der Waals surface area (Å²) in [5, 5.41) is 4.19. The summed E-state index contributed by atoms with van der Waals surface area (Å²) in [6, 6.07) is 9.87. The van der Waals surface area contributed by atoms with Crippen molar-refractivity contribution in [2.75, 3.05) is 12.8 Å². The van der Waals surface area contributed by atoms with Gasteiger partial charge in [-0.2, -0.15) is 0 Å². The number of sulfone groups is 1. The molecule has 0 atom stereocenters. The van der Waals surface area contributed by atoms with Gasteiger partial charge < -0.3 is 5.73 Å². The van der Waals surface area contributed by atoms with Crippen LogP contribution in [0.5, 0.6) is 0 Å². The molecular formula is C17H18ClFN4O3S. The van der Waals surface area contributed by atoms with Gasteiger partial charge in [-0.1, -0.05) is 12.1 Å². The number of hydrogen-bond donors (Lipinski definition) is 1. The molecule has 0 saturated heterocycles. The molecule has 1 aromatic carbocycles. The molecule has 0 fully saturated rings. The van der Waals surface area contributed by atoms with Crippen molar-refractivity contribution in [3.8, 4) is 11.1 Å². The van der Waals surface area contributed by atoms with Crippen LogP contribution in [0.2, 0.25) is 0 Å². The fourth-order valence-corrected chi connectivity index (χ4v) is 3.21. The molecule has 0 saturated carbocycles. The molecule has 0 aliphatic carbocycles. The van der Waals surface area contributed by atoms with Crippen LogP contribution in [0.4, 0.5) is 4.39 Å². The lowest BCUT2D eigenvalue weighted by Gasteiger charge is -2.04. The Kier molecular flexibility index (Phi) is 6.19.